The molecule has 0 aliphatic rings. The molecule has 2 rings (SSSR count). The molecule has 0 N–H and O–H groups in total. The SMILES string of the molecule is CCN(CC)CCO/N=C/c1cccc2ccccc12. The van der Waals surface area contributed by atoms with E-state index in [1.165, 1.54) is 10.8 Å². The largest absolute Gasteiger partial charge is 0.394 e. The summed E-state index contributed by atoms with van der Waals surface area (Å²) >= 11 is 0. The normalized spacial score (nSPS) is 11.6. The lowest BCUT2D eigenvalue weighted by Gasteiger charge is -2.16. The van der Waals surface area contributed by atoms with Crippen LogP contribution in [0.1, 0.15) is 19.4 Å². The van der Waals surface area contributed by atoms with Gasteiger partial charge >= 0.3 is 0 Å². The summed E-state index contributed by atoms with van der Waals surface area (Å²) in [6.07, 6.45) is 1.80. The van der Waals surface area contributed by atoms with Crippen molar-refractivity contribution in [3.8, 4) is 0 Å². The van der Waals surface area contributed by atoms with Gasteiger partial charge in [-0.25, -0.2) is 0 Å². The first kappa shape index (κ1) is 14.5. The van der Waals surface area contributed by atoms with Crippen molar-refractivity contribution in [1.29, 1.82) is 0 Å². The summed E-state index contributed by atoms with van der Waals surface area (Å²) in [6, 6.07) is 14.5. The molecule has 0 spiro atoms. The number of likely N-dealkylation sites (N-methyl/N-ethyl adjacent to an activating group) is 1. The summed E-state index contributed by atoms with van der Waals surface area (Å²) < 4.78 is 0. The molecule has 2 aromatic carbocycles. The van der Waals surface area contributed by atoms with Crippen LogP contribution in [0.15, 0.2) is 47.6 Å². The quantitative estimate of drug-likeness (QED) is 0.437. The molecule has 3 heteroatoms. The van der Waals surface area contributed by atoms with Crippen molar-refractivity contribution >= 4 is 17.0 Å². The van der Waals surface area contributed by atoms with Gasteiger partial charge in [-0.15, -0.1) is 0 Å². The molecule has 0 saturated carbocycles. The smallest absolute Gasteiger partial charge is 0.129 e. The Bertz CT molecular complexity index is 556. The third-order valence-electron chi connectivity index (χ3n) is 3.48. The second-order valence-electron chi connectivity index (χ2n) is 4.66. The van der Waals surface area contributed by atoms with Crippen molar-refractivity contribution in [2.45, 2.75) is 13.8 Å². The third-order valence-corrected chi connectivity index (χ3v) is 3.48. The van der Waals surface area contributed by atoms with E-state index in [4.69, 9.17) is 4.84 Å². The van der Waals surface area contributed by atoms with Crippen molar-refractivity contribution in [3.05, 3.63) is 48.0 Å². The Morgan fingerprint density at radius 3 is 2.60 bits per heavy atom. The molecule has 0 radical (unpaired) electrons. The molecule has 0 aromatic heterocycles. The van der Waals surface area contributed by atoms with Crippen LogP contribution >= 0.6 is 0 Å². The van der Waals surface area contributed by atoms with Crippen molar-refractivity contribution in [2.75, 3.05) is 26.2 Å². The van der Waals surface area contributed by atoms with Crippen LogP contribution in [0, 0.1) is 0 Å². The van der Waals surface area contributed by atoms with Gasteiger partial charge in [-0.3, -0.25) is 0 Å². The van der Waals surface area contributed by atoms with E-state index in [0.29, 0.717) is 6.61 Å². The van der Waals surface area contributed by atoms with Gasteiger partial charge in [0.05, 0.1) is 6.21 Å². The van der Waals surface area contributed by atoms with E-state index in [1.807, 2.05) is 18.2 Å². The summed E-state index contributed by atoms with van der Waals surface area (Å²) in [7, 11) is 0. The predicted octanol–water partition coefficient (Wildman–Crippen LogP) is 3.53. The molecule has 0 bridgehead atoms. The van der Waals surface area contributed by atoms with Crippen LogP contribution < -0.4 is 0 Å². The molecule has 3 nitrogen and oxygen atoms in total. The van der Waals surface area contributed by atoms with Crippen LogP contribution in [0.4, 0.5) is 0 Å². The van der Waals surface area contributed by atoms with Gasteiger partial charge < -0.3 is 9.74 Å². The number of hydrogen-bond acceptors (Lipinski definition) is 3. The molecule has 0 heterocycles. The summed E-state index contributed by atoms with van der Waals surface area (Å²) in [6.45, 7) is 7.95. The van der Waals surface area contributed by atoms with Crippen molar-refractivity contribution < 1.29 is 4.84 Å². The fraction of sp³-hybridized carbons (Fsp3) is 0.353. The number of fused-ring (bicyclic) bond motifs is 1. The van der Waals surface area contributed by atoms with E-state index in [1.54, 1.807) is 6.21 Å². The van der Waals surface area contributed by atoms with Gasteiger partial charge in [-0.05, 0) is 23.9 Å². The van der Waals surface area contributed by atoms with E-state index < -0.39 is 0 Å². The molecule has 0 unspecified atom stereocenters. The van der Waals surface area contributed by atoms with E-state index in [0.717, 1.165) is 25.2 Å². The molecule has 0 atom stereocenters. The molecule has 2 aromatic rings. The molecule has 0 saturated heterocycles. The minimum Gasteiger partial charge on any atom is -0.394 e. The predicted molar refractivity (Wildman–Crippen MR) is 85.3 cm³/mol. The summed E-state index contributed by atoms with van der Waals surface area (Å²) in [5.74, 6) is 0. The van der Waals surface area contributed by atoms with Crippen molar-refractivity contribution in [1.82, 2.24) is 4.90 Å². The zero-order chi connectivity index (χ0) is 14.2. The van der Waals surface area contributed by atoms with Crippen LogP contribution in [-0.4, -0.2) is 37.4 Å². The van der Waals surface area contributed by atoms with Gasteiger partial charge in [0.2, 0.25) is 0 Å². The van der Waals surface area contributed by atoms with Crippen LogP contribution in [0.2, 0.25) is 0 Å². The van der Waals surface area contributed by atoms with Crippen LogP contribution in [0.5, 0.6) is 0 Å². The molecule has 20 heavy (non-hydrogen) atoms. The molecule has 0 aliphatic heterocycles. The van der Waals surface area contributed by atoms with Crippen molar-refractivity contribution in [3.63, 3.8) is 0 Å². The lowest BCUT2D eigenvalue weighted by molar-refractivity contribution is 0.115. The number of oxime groups is 1. The summed E-state index contributed by atoms with van der Waals surface area (Å²) in [4.78, 5) is 7.66. The lowest BCUT2D eigenvalue weighted by atomic mass is 10.1. The Hall–Kier alpha value is -1.87. The number of rotatable bonds is 7. The highest BCUT2D eigenvalue weighted by Crippen LogP contribution is 2.16. The van der Waals surface area contributed by atoms with E-state index in [9.17, 15) is 0 Å². The highest BCUT2D eigenvalue weighted by atomic mass is 16.6. The maximum atomic E-state index is 5.35. The Morgan fingerprint density at radius 2 is 1.80 bits per heavy atom. The lowest BCUT2D eigenvalue weighted by Crippen LogP contribution is -2.26. The second kappa shape index (κ2) is 7.65. The van der Waals surface area contributed by atoms with Gasteiger partial charge in [0.15, 0.2) is 0 Å². The average molecular weight is 270 g/mol. The van der Waals surface area contributed by atoms with E-state index in [2.05, 4.69) is 48.2 Å². The Labute approximate surface area is 120 Å². The first-order valence-corrected chi connectivity index (χ1v) is 7.20. The number of benzene rings is 2. The highest BCUT2D eigenvalue weighted by Gasteiger charge is 1.99. The van der Waals surface area contributed by atoms with Crippen LogP contribution in [-0.2, 0) is 4.84 Å². The fourth-order valence-electron chi connectivity index (χ4n) is 2.22. The maximum absolute atomic E-state index is 5.35. The van der Waals surface area contributed by atoms with Crippen LogP contribution in [0.3, 0.4) is 0 Å². The third kappa shape index (κ3) is 3.81. The first-order valence-electron chi connectivity index (χ1n) is 7.20. The molecule has 0 amide bonds. The molecule has 0 aliphatic carbocycles. The van der Waals surface area contributed by atoms with E-state index >= 15 is 0 Å². The molecule has 106 valence electrons. The van der Waals surface area contributed by atoms with Gasteiger partial charge in [0.1, 0.15) is 6.61 Å². The van der Waals surface area contributed by atoms with Gasteiger partial charge in [0, 0.05) is 12.1 Å². The topological polar surface area (TPSA) is 24.8 Å². The minimum atomic E-state index is 0.628. The number of nitrogens with zero attached hydrogens (tertiary/aromatic N) is 2. The summed E-state index contributed by atoms with van der Waals surface area (Å²) in [5.41, 5.74) is 1.09. The Kier molecular flexibility index (Phi) is 5.56. The van der Waals surface area contributed by atoms with Gasteiger partial charge in [-0.2, -0.15) is 0 Å². The molecule has 0 fully saturated rings. The van der Waals surface area contributed by atoms with Gasteiger partial charge in [0.25, 0.3) is 0 Å². The molecular formula is C17H22N2O. The monoisotopic (exact) mass is 270 g/mol. The molecular weight excluding hydrogens is 248 g/mol. The maximum Gasteiger partial charge on any atom is 0.129 e. The zero-order valence-electron chi connectivity index (χ0n) is 12.2. The second-order valence-corrected chi connectivity index (χ2v) is 4.66. The fourth-order valence-corrected chi connectivity index (χ4v) is 2.22. The number of hydrogen-bond donors (Lipinski definition) is 0. The average Bonchev–Trinajstić information content (AvgIpc) is 2.51. The summed E-state index contributed by atoms with van der Waals surface area (Å²) in [5, 5.41) is 6.50. The van der Waals surface area contributed by atoms with E-state index in [-0.39, 0.29) is 0 Å². The van der Waals surface area contributed by atoms with Crippen LogP contribution in [0.25, 0.3) is 10.8 Å². The van der Waals surface area contributed by atoms with Gasteiger partial charge in [-0.1, -0.05) is 61.5 Å². The minimum absolute atomic E-state index is 0.628. The first-order chi connectivity index (χ1) is 9.85. The Morgan fingerprint density at radius 1 is 1.05 bits per heavy atom. The zero-order valence-corrected chi connectivity index (χ0v) is 12.2. The Balaban J connectivity index is 1.93. The standard InChI is InChI=1S/C17H22N2O/c1-3-19(4-2)12-13-20-18-14-16-10-7-9-15-8-5-6-11-17(15)16/h5-11,14H,3-4,12-13H2,1-2H3/b18-14+. The highest BCUT2D eigenvalue weighted by molar-refractivity contribution is 5.99. The van der Waals surface area contributed by atoms with Crippen molar-refractivity contribution in [2.24, 2.45) is 5.16 Å².